The van der Waals surface area contributed by atoms with Crippen LogP contribution in [-0.2, 0) is 29.0 Å². The number of fused-ring (bicyclic) bond motifs is 1. The standard InChI is InChI=1S/C19H25N3O2/c1-3-11-24-15(2)19(23)21-9-10-22-18(14-21)13-17(20-22)12-16-7-5-4-6-8-16/h4-8,13,15H,3,9-12,14H2,1-2H3/t15-/m1/s1. The van der Waals surface area contributed by atoms with E-state index in [2.05, 4.69) is 23.3 Å². The lowest BCUT2D eigenvalue weighted by atomic mass is 10.1. The van der Waals surface area contributed by atoms with Crippen LogP contribution in [0, 0.1) is 0 Å². The molecule has 1 aliphatic heterocycles. The van der Waals surface area contributed by atoms with Gasteiger partial charge in [0, 0.05) is 19.6 Å². The van der Waals surface area contributed by atoms with Crippen LogP contribution in [0.1, 0.15) is 37.2 Å². The largest absolute Gasteiger partial charge is 0.369 e. The average Bonchev–Trinajstić information content (AvgIpc) is 3.01. The third-order valence-corrected chi connectivity index (χ3v) is 4.31. The molecule has 0 unspecified atom stereocenters. The van der Waals surface area contributed by atoms with Crippen LogP contribution < -0.4 is 0 Å². The molecule has 0 aliphatic carbocycles. The molecule has 1 amide bonds. The molecule has 128 valence electrons. The van der Waals surface area contributed by atoms with Crippen LogP contribution >= 0.6 is 0 Å². The highest BCUT2D eigenvalue weighted by Crippen LogP contribution is 2.17. The Bertz CT molecular complexity index is 681. The second-order valence-electron chi connectivity index (χ2n) is 6.29. The number of carbonyl (C=O) groups excluding carboxylic acids is 1. The van der Waals surface area contributed by atoms with Gasteiger partial charge >= 0.3 is 0 Å². The van der Waals surface area contributed by atoms with Gasteiger partial charge in [0.25, 0.3) is 5.91 Å². The first kappa shape index (κ1) is 16.7. The van der Waals surface area contributed by atoms with Crippen LogP contribution in [0.25, 0.3) is 0 Å². The van der Waals surface area contributed by atoms with Gasteiger partial charge in [-0.2, -0.15) is 5.10 Å². The first-order chi connectivity index (χ1) is 11.7. The molecule has 5 heteroatoms. The smallest absolute Gasteiger partial charge is 0.251 e. The summed E-state index contributed by atoms with van der Waals surface area (Å²) in [4.78, 5) is 14.4. The Balaban J connectivity index is 1.64. The van der Waals surface area contributed by atoms with E-state index in [4.69, 9.17) is 4.74 Å². The average molecular weight is 327 g/mol. The van der Waals surface area contributed by atoms with Crippen molar-refractivity contribution in [3.05, 3.63) is 53.3 Å². The molecule has 1 atom stereocenters. The van der Waals surface area contributed by atoms with Crippen LogP contribution in [0.15, 0.2) is 36.4 Å². The molecule has 0 N–H and O–H groups in total. The van der Waals surface area contributed by atoms with Gasteiger partial charge in [0.1, 0.15) is 6.10 Å². The normalized spacial score (nSPS) is 15.2. The lowest BCUT2D eigenvalue weighted by Gasteiger charge is -2.29. The monoisotopic (exact) mass is 327 g/mol. The molecule has 1 aliphatic rings. The van der Waals surface area contributed by atoms with Gasteiger partial charge < -0.3 is 9.64 Å². The number of hydrogen-bond donors (Lipinski definition) is 0. The molecular formula is C19H25N3O2. The van der Waals surface area contributed by atoms with E-state index >= 15 is 0 Å². The maximum Gasteiger partial charge on any atom is 0.251 e. The fourth-order valence-electron chi connectivity index (χ4n) is 3.03. The van der Waals surface area contributed by atoms with Crippen molar-refractivity contribution < 1.29 is 9.53 Å². The highest BCUT2D eigenvalue weighted by molar-refractivity contribution is 5.80. The van der Waals surface area contributed by atoms with E-state index in [0.717, 1.165) is 30.8 Å². The topological polar surface area (TPSA) is 47.4 Å². The van der Waals surface area contributed by atoms with E-state index in [1.165, 1.54) is 5.56 Å². The van der Waals surface area contributed by atoms with E-state index in [-0.39, 0.29) is 12.0 Å². The lowest BCUT2D eigenvalue weighted by molar-refractivity contribution is -0.144. The van der Waals surface area contributed by atoms with Gasteiger partial charge in [0.15, 0.2) is 0 Å². The lowest BCUT2D eigenvalue weighted by Crippen LogP contribution is -2.43. The van der Waals surface area contributed by atoms with Crippen LogP contribution in [0.5, 0.6) is 0 Å². The molecule has 2 heterocycles. The van der Waals surface area contributed by atoms with Crippen molar-refractivity contribution >= 4 is 5.91 Å². The quantitative estimate of drug-likeness (QED) is 0.819. The van der Waals surface area contributed by atoms with Crippen molar-refractivity contribution in [1.29, 1.82) is 0 Å². The van der Waals surface area contributed by atoms with Crippen LogP contribution in [0.2, 0.25) is 0 Å². The maximum atomic E-state index is 12.5. The molecule has 0 spiro atoms. The van der Waals surface area contributed by atoms with Crippen molar-refractivity contribution in [1.82, 2.24) is 14.7 Å². The van der Waals surface area contributed by atoms with E-state index < -0.39 is 0 Å². The Hall–Kier alpha value is -2.14. The number of benzene rings is 1. The van der Waals surface area contributed by atoms with Gasteiger partial charge in [0.05, 0.1) is 24.5 Å². The molecule has 1 aromatic carbocycles. The molecule has 1 aromatic heterocycles. The molecular weight excluding hydrogens is 302 g/mol. The van der Waals surface area contributed by atoms with E-state index in [0.29, 0.717) is 19.7 Å². The summed E-state index contributed by atoms with van der Waals surface area (Å²) >= 11 is 0. The van der Waals surface area contributed by atoms with Gasteiger partial charge in [-0.05, 0) is 25.0 Å². The Morgan fingerprint density at radius 2 is 2.08 bits per heavy atom. The Kier molecular flexibility index (Phi) is 5.30. The highest BCUT2D eigenvalue weighted by atomic mass is 16.5. The predicted octanol–water partition coefficient (Wildman–Crippen LogP) is 2.63. The van der Waals surface area contributed by atoms with Crippen LogP contribution in [-0.4, -0.2) is 39.8 Å². The van der Waals surface area contributed by atoms with E-state index in [9.17, 15) is 4.79 Å². The molecule has 0 bridgehead atoms. The summed E-state index contributed by atoms with van der Waals surface area (Å²) in [7, 11) is 0. The molecule has 0 fully saturated rings. The fraction of sp³-hybridized carbons (Fsp3) is 0.474. The minimum atomic E-state index is -0.372. The van der Waals surface area contributed by atoms with E-state index in [1.807, 2.05) is 41.6 Å². The zero-order valence-corrected chi connectivity index (χ0v) is 14.4. The fourth-order valence-corrected chi connectivity index (χ4v) is 3.03. The van der Waals surface area contributed by atoms with Gasteiger partial charge in [-0.15, -0.1) is 0 Å². The first-order valence-corrected chi connectivity index (χ1v) is 8.67. The molecule has 0 radical (unpaired) electrons. The predicted molar refractivity (Wildman–Crippen MR) is 92.6 cm³/mol. The number of ether oxygens (including phenoxy) is 1. The molecule has 5 nitrogen and oxygen atoms in total. The molecule has 0 saturated heterocycles. The Labute approximate surface area is 143 Å². The molecule has 0 saturated carbocycles. The second kappa shape index (κ2) is 7.62. The number of carbonyl (C=O) groups is 1. The number of aromatic nitrogens is 2. The van der Waals surface area contributed by atoms with Crippen LogP contribution in [0.4, 0.5) is 0 Å². The van der Waals surface area contributed by atoms with Gasteiger partial charge in [-0.1, -0.05) is 37.3 Å². The maximum absolute atomic E-state index is 12.5. The number of rotatable bonds is 6. The van der Waals surface area contributed by atoms with Gasteiger partial charge in [0.2, 0.25) is 0 Å². The first-order valence-electron chi connectivity index (χ1n) is 8.67. The summed E-state index contributed by atoms with van der Waals surface area (Å²) in [5.74, 6) is 0.0699. The number of amides is 1. The summed E-state index contributed by atoms with van der Waals surface area (Å²) in [5.41, 5.74) is 3.41. The summed E-state index contributed by atoms with van der Waals surface area (Å²) < 4.78 is 7.59. The SMILES string of the molecule is CCCO[C@H](C)C(=O)N1CCn2nc(Cc3ccccc3)cc2C1. The number of nitrogens with zero attached hydrogens (tertiary/aromatic N) is 3. The van der Waals surface area contributed by atoms with Crippen molar-refractivity contribution in [3.8, 4) is 0 Å². The van der Waals surface area contributed by atoms with Crippen molar-refractivity contribution in [2.24, 2.45) is 0 Å². The highest BCUT2D eigenvalue weighted by Gasteiger charge is 2.26. The van der Waals surface area contributed by atoms with Gasteiger partial charge in [-0.3, -0.25) is 9.48 Å². The zero-order valence-electron chi connectivity index (χ0n) is 14.4. The third kappa shape index (κ3) is 3.85. The Morgan fingerprint density at radius 1 is 1.29 bits per heavy atom. The molecule has 24 heavy (non-hydrogen) atoms. The Morgan fingerprint density at radius 3 is 2.83 bits per heavy atom. The summed E-state index contributed by atoms with van der Waals surface area (Å²) in [6.07, 6.45) is 1.38. The molecule has 2 aromatic rings. The van der Waals surface area contributed by atoms with E-state index in [1.54, 1.807) is 0 Å². The summed E-state index contributed by atoms with van der Waals surface area (Å²) in [6.45, 7) is 6.56. The zero-order chi connectivity index (χ0) is 16.9. The second-order valence-corrected chi connectivity index (χ2v) is 6.29. The van der Waals surface area contributed by atoms with Crippen molar-refractivity contribution in [3.63, 3.8) is 0 Å². The minimum absolute atomic E-state index is 0.0699. The minimum Gasteiger partial charge on any atom is -0.369 e. The summed E-state index contributed by atoms with van der Waals surface area (Å²) in [6, 6.07) is 12.5. The third-order valence-electron chi connectivity index (χ3n) is 4.31. The van der Waals surface area contributed by atoms with Gasteiger partial charge in [-0.25, -0.2) is 0 Å². The number of hydrogen-bond acceptors (Lipinski definition) is 3. The summed E-state index contributed by atoms with van der Waals surface area (Å²) in [5, 5.41) is 4.68. The van der Waals surface area contributed by atoms with Crippen LogP contribution in [0.3, 0.4) is 0 Å². The van der Waals surface area contributed by atoms with Crippen molar-refractivity contribution in [2.45, 2.75) is 45.9 Å². The van der Waals surface area contributed by atoms with Crippen molar-refractivity contribution in [2.75, 3.05) is 13.2 Å². The molecule has 3 rings (SSSR count).